The third-order valence-electron chi connectivity index (χ3n) is 4.49. The molecule has 4 nitrogen and oxygen atoms in total. The highest BCUT2D eigenvalue weighted by Crippen LogP contribution is 2.28. The van der Waals surface area contributed by atoms with E-state index in [1.807, 2.05) is 39.1 Å². The molecule has 0 fully saturated rings. The summed E-state index contributed by atoms with van der Waals surface area (Å²) in [7, 11) is 1.84. The number of aryl methyl sites for hydroxylation is 1. The molecule has 2 unspecified atom stereocenters. The Morgan fingerprint density at radius 3 is 2.58 bits per heavy atom. The van der Waals surface area contributed by atoms with Crippen molar-refractivity contribution >= 4 is 29.3 Å². The molecule has 0 aliphatic carbocycles. The van der Waals surface area contributed by atoms with Crippen molar-refractivity contribution in [3.8, 4) is 0 Å². The minimum Gasteiger partial charge on any atom is -0.461 e. The molecule has 2 rings (SSSR count). The van der Waals surface area contributed by atoms with Gasteiger partial charge in [-0.15, -0.1) is 12.4 Å². The maximum absolute atomic E-state index is 12.5. The van der Waals surface area contributed by atoms with Crippen molar-refractivity contribution < 1.29 is 9.21 Å². The van der Waals surface area contributed by atoms with E-state index in [2.05, 4.69) is 13.0 Å². The number of nitrogens with zero attached hydrogens (tertiary/aromatic N) is 1. The van der Waals surface area contributed by atoms with Crippen molar-refractivity contribution in [1.82, 2.24) is 4.90 Å². The molecule has 0 saturated carbocycles. The zero-order valence-electron chi connectivity index (χ0n) is 15.0. The monoisotopic (exact) mass is 352 g/mol. The molecule has 1 aromatic heterocycles. The van der Waals surface area contributed by atoms with E-state index in [0.717, 1.165) is 41.6 Å². The summed E-state index contributed by atoms with van der Waals surface area (Å²) >= 11 is 0. The molecule has 2 aromatic rings. The van der Waals surface area contributed by atoms with Gasteiger partial charge in [-0.2, -0.15) is 0 Å². The Labute approximate surface area is 150 Å². The van der Waals surface area contributed by atoms with Crippen LogP contribution in [0.15, 0.2) is 28.7 Å². The Balaban J connectivity index is 0.00000288. The van der Waals surface area contributed by atoms with Crippen LogP contribution in [-0.2, 0) is 17.8 Å². The van der Waals surface area contributed by atoms with Crippen LogP contribution in [-0.4, -0.2) is 23.9 Å². The van der Waals surface area contributed by atoms with E-state index in [1.165, 1.54) is 0 Å². The van der Waals surface area contributed by atoms with Crippen molar-refractivity contribution in [2.75, 3.05) is 7.05 Å². The number of hydrogen-bond acceptors (Lipinski definition) is 3. The van der Waals surface area contributed by atoms with E-state index in [0.29, 0.717) is 6.54 Å². The fourth-order valence-electron chi connectivity index (χ4n) is 2.75. The summed E-state index contributed by atoms with van der Waals surface area (Å²) in [6.07, 6.45) is 3.11. The summed E-state index contributed by atoms with van der Waals surface area (Å²) in [5, 5.41) is 1.10. The minimum atomic E-state index is -0.183. The molecular formula is C19H29ClN2O2. The first-order valence-corrected chi connectivity index (χ1v) is 8.45. The Hall–Kier alpha value is -1.52. The number of benzene rings is 1. The zero-order chi connectivity index (χ0) is 17.0. The number of unbranched alkanes of at least 4 members (excludes halogenated alkanes) is 1. The number of furan rings is 1. The Bertz CT molecular complexity index is 666. The van der Waals surface area contributed by atoms with Gasteiger partial charge in [-0.05, 0) is 19.4 Å². The van der Waals surface area contributed by atoms with Crippen molar-refractivity contribution in [1.29, 1.82) is 0 Å². The number of fused-ring (bicyclic) bond motifs is 1. The van der Waals surface area contributed by atoms with E-state index in [9.17, 15) is 4.79 Å². The predicted octanol–water partition coefficient (Wildman–Crippen LogP) is 4.14. The van der Waals surface area contributed by atoms with Gasteiger partial charge in [0, 0.05) is 37.0 Å². The van der Waals surface area contributed by atoms with Crippen molar-refractivity contribution in [2.24, 2.45) is 11.7 Å². The molecule has 2 N–H and O–H groups in total. The van der Waals surface area contributed by atoms with Crippen LogP contribution in [0.5, 0.6) is 0 Å². The Morgan fingerprint density at radius 2 is 1.96 bits per heavy atom. The molecule has 0 saturated heterocycles. The van der Waals surface area contributed by atoms with Crippen LogP contribution in [0.1, 0.15) is 44.9 Å². The number of para-hydroxylation sites is 1. The predicted molar refractivity (Wildman–Crippen MR) is 101 cm³/mol. The van der Waals surface area contributed by atoms with Crippen LogP contribution in [0.2, 0.25) is 0 Å². The first kappa shape index (κ1) is 20.5. The van der Waals surface area contributed by atoms with Gasteiger partial charge in [0.15, 0.2) is 0 Å². The summed E-state index contributed by atoms with van der Waals surface area (Å²) in [5.74, 6) is 0.894. The molecule has 2 atom stereocenters. The second-order valence-corrected chi connectivity index (χ2v) is 6.45. The van der Waals surface area contributed by atoms with Crippen molar-refractivity contribution in [3.05, 3.63) is 35.6 Å². The van der Waals surface area contributed by atoms with E-state index in [1.54, 1.807) is 4.90 Å². The van der Waals surface area contributed by atoms with Gasteiger partial charge >= 0.3 is 0 Å². The Kier molecular flexibility index (Phi) is 7.77. The maximum Gasteiger partial charge on any atom is 0.226 e. The third-order valence-corrected chi connectivity index (χ3v) is 4.49. The molecule has 1 amide bonds. The molecule has 0 radical (unpaired) electrons. The normalized spacial score (nSPS) is 13.4. The first-order chi connectivity index (χ1) is 11.0. The van der Waals surface area contributed by atoms with Gasteiger partial charge in [0.05, 0.1) is 5.92 Å². The second-order valence-electron chi connectivity index (χ2n) is 6.45. The van der Waals surface area contributed by atoms with Gasteiger partial charge in [-0.25, -0.2) is 0 Å². The fraction of sp³-hybridized carbons (Fsp3) is 0.526. The van der Waals surface area contributed by atoms with Gasteiger partial charge < -0.3 is 15.1 Å². The number of hydrogen-bond donors (Lipinski definition) is 1. The topological polar surface area (TPSA) is 59.5 Å². The maximum atomic E-state index is 12.5. The summed E-state index contributed by atoms with van der Waals surface area (Å²) in [6, 6.07) is 7.90. The quantitative estimate of drug-likeness (QED) is 0.814. The lowest BCUT2D eigenvalue weighted by atomic mass is 10.0. The molecular weight excluding hydrogens is 324 g/mol. The third kappa shape index (κ3) is 4.52. The molecule has 0 spiro atoms. The van der Waals surface area contributed by atoms with Gasteiger partial charge in [-0.3, -0.25) is 4.79 Å². The molecule has 0 bridgehead atoms. The van der Waals surface area contributed by atoms with Crippen LogP contribution in [0.3, 0.4) is 0 Å². The SMILES string of the molecule is CCCCc1oc2ccccc2c1CN(C)C(=O)C(C)C(C)N.Cl. The number of carbonyl (C=O) groups is 1. The fourth-order valence-corrected chi connectivity index (χ4v) is 2.75. The van der Waals surface area contributed by atoms with E-state index < -0.39 is 0 Å². The van der Waals surface area contributed by atoms with Gasteiger partial charge in [0.2, 0.25) is 5.91 Å². The standard InChI is InChI=1S/C19H28N2O2.ClH/c1-5-6-10-18-16(15-9-7-8-11-17(15)23-18)12-21(4)19(22)13(2)14(3)20;/h7-9,11,13-14H,5-6,10,12,20H2,1-4H3;1H. The average molecular weight is 353 g/mol. The lowest BCUT2D eigenvalue weighted by Gasteiger charge is -2.23. The summed E-state index contributed by atoms with van der Waals surface area (Å²) in [5.41, 5.74) is 7.89. The molecule has 1 aromatic carbocycles. The smallest absolute Gasteiger partial charge is 0.226 e. The van der Waals surface area contributed by atoms with Crippen LogP contribution < -0.4 is 5.73 Å². The average Bonchev–Trinajstić information content (AvgIpc) is 2.89. The zero-order valence-corrected chi connectivity index (χ0v) is 15.9. The van der Waals surface area contributed by atoms with E-state index in [-0.39, 0.29) is 30.3 Å². The van der Waals surface area contributed by atoms with Crippen LogP contribution >= 0.6 is 12.4 Å². The molecule has 24 heavy (non-hydrogen) atoms. The number of halogens is 1. The second kappa shape index (κ2) is 9.09. The van der Waals surface area contributed by atoms with Gasteiger partial charge in [-0.1, -0.05) is 38.5 Å². The molecule has 0 aliphatic heterocycles. The number of amides is 1. The van der Waals surface area contributed by atoms with Crippen LogP contribution in [0, 0.1) is 5.92 Å². The van der Waals surface area contributed by atoms with Crippen molar-refractivity contribution in [2.45, 2.75) is 52.6 Å². The summed E-state index contributed by atoms with van der Waals surface area (Å²) < 4.78 is 6.03. The largest absolute Gasteiger partial charge is 0.461 e. The number of nitrogens with two attached hydrogens (primary N) is 1. The highest BCUT2D eigenvalue weighted by molar-refractivity contribution is 5.85. The molecule has 0 aliphatic rings. The van der Waals surface area contributed by atoms with Gasteiger partial charge in [0.25, 0.3) is 0 Å². The minimum absolute atomic E-state index is 0. The molecule has 134 valence electrons. The van der Waals surface area contributed by atoms with Crippen LogP contribution in [0.4, 0.5) is 0 Å². The molecule has 1 heterocycles. The van der Waals surface area contributed by atoms with E-state index in [4.69, 9.17) is 10.2 Å². The van der Waals surface area contributed by atoms with E-state index >= 15 is 0 Å². The lowest BCUT2D eigenvalue weighted by molar-refractivity contribution is -0.134. The lowest BCUT2D eigenvalue weighted by Crippen LogP contribution is -2.39. The summed E-state index contributed by atoms with van der Waals surface area (Å²) in [4.78, 5) is 14.3. The first-order valence-electron chi connectivity index (χ1n) is 8.45. The number of rotatable bonds is 7. The highest BCUT2D eigenvalue weighted by Gasteiger charge is 2.23. The summed E-state index contributed by atoms with van der Waals surface area (Å²) in [6.45, 7) is 6.49. The highest BCUT2D eigenvalue weighted by atomic mass is 35.5. The Morgan fingerprint density at radius 1 is 1.29 bits per heavy atom. The molecule has 5 heteroatoms. The van der Waals surface area contributed by atoms with Gasteiger partial charge in [0.1, 0.15) is 11.3 Å². The number of carbonyl (C=O) groups excluding carboxylic acids is 1. The van der Waals surface area contributed by atoms with Crippen molar-refractivity contribution in [3.63, 3.8) is 0 Å². The van der Waals surface area contributed by atoms with Crippen LogP contribution in [0.25, 0.3) is 11.0 Å².